The molecule has 0 aromatic carbocycles. The van der Waals surface area contributed by atoms with Crippen LogP contribution in [0.25, 0.3) is 10.2 Å². The highest BCUT2D eigenvalue weighted by atomic mass is 32.1. The van der Waals surface area contributed by atoms with E-state index < -0.39 is 6.61 Å². The number of aliphatic hydroxyl groups is 1. The van der Waals surface area contributed by atoms with Gasteiger partial charge in [0.05, 0.1) is 5.39 Å². The maximum atomic E-state index is 11.4. The zero-order valence-corrected chi connectivity index (χ0v) is 11.1. The number of aromatic nitrogens is 2. The van der Waals surface area contributed by atoms with Crippen molar-refractivity contribution in [1.29, 1.82) is 0 Å². The summed E-state index contributed by atoms with van der Waals surface area (Å²) < 4.78 is 0. The van der Waals surface area contributed by atoms with E-state index in [4.69, 9.17) is 5.11 Å². The minimum absolute atomic E-state index is 0.206. The summed E-state index contributed by atoms with van der Waals surface area (Å²) in [5.41, 5.74) is 0. The van der Waals surface area contributed by atoms with Gasteiger partial charge in [0, 0.05) is 26.2 Å². The summed E-state index contributed by atoms with van der Waals surface area (Å²) in [6.07, 6.45) is 1.58. The number of amides is 1. The lowest BCUT2D eigenvalue weighted by Crippen LogP contribution is -2.49. The minimum atomic E-state index is -0.414. The molecule has 6 nitrogen and oxygen atoms in total. The Morgan fingerprint density at radius 1 is 1.32 bits per heavy atom. The summed E-state index contributed by atoms with van der Waals surface area (Å²) in [5, 5.41) is 11.9. The third-order valence-electron chi connectivity index (χ3n) is 3.31. The Hall–Kier alpha value is -1.73. The van der Waals surface area contributed by atoms with E-state index in [2.05, 4.69) is 14.9 Å². The fraction of sp³-hybridized carbons (Fsp3) is 0.417. The summed E-state index contributed by atoms with van der Waals surface area (Å²) in [6, 6.07) is 2.03. The van der Waals surface area contributed by atoms with Gasteiger partial charge in [0.15, 0.2) is 0 Å². The Morgan fingerprint density at radius 3 is 2.84 bits per heavy atom. The zero-order chi connectivity index (χ0) is 13.2. The fourth-order valence-electron chi connectivity index (χ4n) is 2.30. The van der Waals surface area contributed by atoms with Gasteiger partial charge in [-0.2, -0.15) is 0 Å². The summed E-state index contributed by atoms with van der Waals surface area (Å²) >= 11 is 1.60. The SMILES string of the molecule is O=C(CO)N1CCN(c2ncnc3sccc23)CC1. The highest BCUT2D eigenvalue weighted by Gasteiger charge is 2.22. The number of piperazine rings is 1. The van der Waals surface area contributed by atoms with Crippen LogP contribution in [0.15, 0.2) is 17.8 Å². The van der Waals surface area contributed by atoms with Crippen molar-refractivity contribution >= 4 is 33.3 Å². The number of aliphatic hydroxyl groups excluding tert-OH is 1. The average Bonchev–Trinajstić information content (AvgIpc) is 2.95. The molecule has 19 heavy (non-hydrogen) atoms. The molecule has 0 saturated carbocycles. The third-order valence-corrected chi connectivity index (χ3v) is 4.13. The molecular weight excluding hydrogens is 264 g/mol. The van der Waals surface area contributed by atoms with Crippen LogP contribution < -0.4 is 4.90 Å². The highest BCUT2D eigenvalue weighted by Crippen LogP contribution is 2.27. The molecule has 0 atom stereocenters. The molecular formula is C12H14N4O2S. The third kappa shape index (κ3) is 2.26. The number of thiophene rings is 1. The van der Waals surface area contributed by atoms with Crippen molar-refractivity contribution in [3.63, 3.8) is 0 Å². The normalized spacial score (nSPS) is 16.1. The van der Waals surface area contributed by atoms with Gasteiger partial charge in [0.2, 0.25) is 5.91 Å². The molecule has 0 spiro atoms. The van der Waals surface area contributed by atoms with Crippen LogP contribution in [0.5, 0.6) is 0 Å². The molecule has 1 saturated heterocycles. The Bertz CT molecular complexity index is 592. The number of rotatable bonds is 2. The van der Waals surface area contributed by atoms with Gasteiger partial charge in [-0.3, -0.25) is 4.79 Å². The first kappa shape index (κ1) is 12.3. The number of hydrogen-bond acceptors (Lipinski definition) is 6. The van der Waals surface area contributed by atoms with E-state index in [1.54, 1.807) is 22.6 Å². The van der Waals surface area contributed by atoms with Crippen molar-refractivity contribution in [2.75, 3.05) is 37.7 Å². The lowest BCUT2D eigenvalue weighted by molar-refractivity contribution is -0.134. The van der Waals surface area contributed by atoms with Crippen molar-refractivity contribution in [2.45, 2.75) is 0 Å². The molecule has 0 unspecified atom stereocenters. The monoisotopic (exact) mass is 278 g/mol. The first-order chi connectivity index (χ1) is 9.29. The largest absolute Gasteiger partial charge is 0.387 e. The van der Waals surface area contributed by atoms with Gasteiger partial charge in [-0.1, -0.05) is 0 Å². The van der Waals surface area contributed by atoms with Crippen molar-refractivity contribution in [3.8, 4) is 0 Å². The van der Waals surface area contributed by atoms with Gasteiger partial charge in [0.25, 0.3) is 0 Å². The molecule has 1 aliphatic heterocycles. The second-order valence-corrected chi connectivity index (χ2v) is 5.26. The number of hydrogen-bond donors (Lipinski definition) is 1. The van der Waals surface area contributed by atoms with E-state index in [0.29, 0.717) is 13.1 Å². The number of carbonyl (C=O) groups excluding carboxylic acids is 1. The van der Waals surface area contributed by atoms with E-state index in [0.717, 1.165) is 29.1 Å². The van der Waals surface area contributed by atoms with E-state index >= 15 is 0 Å². The molecule has 1 N–H and O–H groups in total. The van der Waals surface area contributed by atoms with Crippen LogP contribution in [0, 0.1) is 0 Å². The van der Waals surface area contributed by atoms with Crippen LogP contribution in [-0.2, 0) is 4.79 Å². The number of anilines is 1. The standard InChI is InChI=1S/C12H14N4O2S/c17-7-10(18)15-2-4-16(5-3-15)11-9-1-6-19-12(9)14-8-13-11/h1,6,8,17H,2-5,7H2. The van der Waals surface area contributed by atoms with Crippen LogP contribution in [0.3, 0.4) is 0 Å². The smallest absolute Gasteiger partial charge is 0.248 e. The molecule has 7 heteroatoms. The summed E-state index contributed by atoms with van der Waals surface area (Å²) in [4.78, 5) is 24.8. The van der Waals surface area contributed by atoms with Gasteiger partial charge in [-0.15, -0.1) is 11.3 Å². The summed E-state index contributed by atoms with van der Waals surface area (Å²) in [7, 11) is 0. The first-order valence-corrected chi connectivity index (χ1v) is 6.99. The van der Waals surface area contributed by atoms with E-state index in [-0.39, 0.29) is 5.91 Å². The van der Waals surface area contributed by atoms with Crippen LogP contribution in [-0.4, -0.2) is 58.7 Å². The van der Waals surface area contributed by atoms with Crippen molar-refractivity contribution < 1.29 is 9.90 Å². The zero-order valence-electron chi connectivity index (χ0n) is 10.3. The maximum Gasteiger partial charge on any atom is 0.248 e. The van der Waals surface area contributed by atoms with Gasteiger partial charge < -0.3 is 14.9 Å². The quantitative estimate of drug-likeness (QED) is 0.857. The predicted octanol–water partition coefficient (Wildman–Crippen LogP) is 0.332. The average molecular weight is 278 g/mol. The molecule has 0 bridgehead atoms. The summed E-state index contributed by atoms with van der Waals surface area (Å²) in [5.74, 6) is 0.727. The van der Waals surface area contributed by atoms with E-state index in [9.17, 15) is 4.79 Å². The van der Waals surface area contributed by atoms with Gasteiger partial charge >= 0.3 is 0 Å². The second-order valence-electron chi connectivity index (χ2n) is 4.36. The van der Waals surface area contributed by atoms with Gasteiger partial charge in [-0.25, -0.2) is 9.97 Å². The van der Waals surface area contributed by atoms with Gasteiger partial charge in [0.1, 0.15) is 23.6 Å². The minimum Gasteiger partial charge on any atom is -0.387 e. The lowest BCUT2D eigenvalue weighted by Gasteiger charge is -2.35. The second kappa shape index (κ2) is 5.10. The molecule has 2 aromatic rings. The number of carbonyl (C=O) groups is 1. The molecule has 0 radical (unpaired) electrons. The van der Waals surface area contributed by atoms with Crippen LogP contribution >= 0.6 is 11.3 Å². The Kier molecular flexibility index (Phi) is 3.31. The maximum absolute atomic E-state index is 11.4. The molecule has 1 fully saturated rings. The van der Waals surface area contributed by atoms with Crippen molar-refractivity contribution in [2.24, 2.45) is 0 Å². The molecule has 100 valence electrons. The number of fused-ring (bicyclic) bond motifs is 1. The molecule has 3 heterocycles. The van der Waals surface area contributed by atoms with Crippen molar-refractivity contribution in [3.05, 3.63) is 17.8 Å². The molecule has 3 rings (SSSR count). The molecule has 0 aliphatic carbocycles. The molecule has 1 aliphatic rings. The lowest BCUT2D eigenvalue weighted by atomic mass is 10.2. The Labute approximate surface area is 114 Å². The number of nitrogens with zero attached hydrogens (tertiary/aromatic N) is 4. The summed E-state index contributed by atoms with van der Waals surface area (Å²) in [6.45, 7) is 2.29. The van der Waals surface area contributed by atoms with Crippen molar-refractivity contribution in [1.82, 2.24) is 14.9 Å². The van der Waals surface area contributed by atoms with Crippen LogP contribution in [0.2, 0.25) is 0 Å². The van der Waals surface area contributed by atoms with E-state index in [1.807, 2.05) is 11.4 Å². The van der Waals surface area contributed by atoms with Crippen LogP contribution in [0.1, 0.15) is 0 Å². The molecule has 2 aromatic heterocycles. The first-order valence-electron chi connectivity index (χ1n) is 6.11. The Morgan fingerprint density at radius 2 is 2.11 bits per heavy atom. The predicted molar refractivity (Wildman–Crippen MR) is 73.3 cm³/mol. The Balaban J connectivity index is 1.78. The van der Waals surface area contributed by atoms with E-state index in [1.165, 1.54) is 0 Å². The van der Waals surface area contributed by atoms with Crippen LogP contribution in [0.4, 0.5) is 5.82 Å². The molecule has 1 amide bonds. The topological polar surface area (TPSA) is 69.6 Å². The fourth-order valence-corrected chi connectivity index (χ4v) is 3.02. The highest BCUT2D eigenvalue weighted by molar-refractivity contribution is 7.16. The van der Waals surface area contributed by atoms with Gasteiger partial charge in [-0.05, 0) is 11.4 Å².